The van der Waals surface area contributed by atoms with Gasteiger partial charge in [-0.2, -0.15) is 13.2 Å². The molecule has 0 saturated heterocycles. The van der Waals surface area contributed by atoms with Crippen molar-refractivity contribution in [3.8, 4) is 0 Å². The fraction of sp³-hybridized carbons (Fsp3) is 0.167. The number of alkyl halides is 3. The van der Waals surface area contributed by atoms with Crippen molar-refractivity contribution in [2.45, 2.75) is 6.18 Å². The monoisotopic (exact) mass is 224 g/mol. The summed E-state index contributed by atoms with van der Waals surface area (Å²) in [5.74, 6) is -3.04. The first-order valence-electron chi connectivity index (χ1n) is 3.19. The standard InChI is InChI=1S/C6H3F3N2O2S/c7-6(8,9)3(12)2-1-14-5(11-2)4(10)13/h1H,(H2,10,13). The average Bonchev–Trinajstić information content (AvgIpc) is 2.48. The Morgan fingerprint density at radius 2 is 2.00 bits per heavy atom. The van der Waals surface area contributed by atoms with E-state index in [2.05, 4.69) is 4.98 Å². The zero-order valence-electron chi connectivity index (χ0n) is 6.46. The molecular weight excluding hydrogens is 221 g/mol. The number of aromatic nitrogens is 1. The van der Waals surface area contributed by atoms with Crippen molar-refractivity contribution in [1.29, 1.82) is 0 Å². The second kappa shape index (κ2) is 3.37. The van der Waals surface area contributed by atoms with Crippen LogP contribution in [0.5, 0.6) is 0 Å². The SMILES string of the molecule is NC(=O)c1nc(C(=O)C(F)(F)F)cs1. The van der Waals surface area contributed by atoms with Crippen LogP contribution in [-0.2, 0) is 0 Å². The molecule has 0 aliphatic carbocycles. The van der Waals surface area contributed by atoms with Crippen molar-refractivity contribution in [3.63, 3.8) is 0 Å². The third kappa shape index (κ3) is 2.08. The first-order chi connectivity index (χ1) is 6.32. The largest absolute Gasteiger partial charge is 0.456 e. The minimum absolute atomic E-state index is 0.322. The normalized spacial score (nSPS) is 11.4. The molecule has 1 rings (SSSR count). The van der Waals surface area contributed by atoms with Crippen LogP contribution in [0, 0.1) is 0 Å². The lowest BCUT2D eigenvalue weighted by atomic mass is 10.3. The molecule has 76 valence electrons. The number of carbonyl (C=O) groups excluding carboxylic acids is 2. The van der Waals surface area contributed by atoms with E-state index in [0.717, 1.165) is 5.38 Å². The number of hydrogen-bond acceptors (Lipinski definition) is 4. The molecule has 0 bridgehead atoms. The second-order valence-electron chi connectivity index (χ2n) is 2.23. The van der Waals surface area contributed by atoms with Gasteiger partial charge in [0.25, 0.3) is 11.7 Å². The van der Waals surface area contributed by atoms with E-state index in [1.807, 2.05) is 0 Å². The number of amides is 1. The van der Waals surface area contributed by atoms with Gasteiger partial charge in [0, 0.05) is 5.38 Å². The number of hydrogen-bond donors (Lipinski definition) is 1. The lowest BCUT2D eigenvalue weighted by Gasteiger charge is -2.00. The maximum Gasteiger partial charge on any atom is 0.456 e. The molecule has 8 heteroatoms. The second-order valence-corrected chi connectivity index (χ2v) is 3.09. The number of carbonyl (C=O) groups is 2. The van der Waals surface area contributed by atoms with Crippen molar-refractivity contribution in [1.82, 2.24) is 4.98 Å². The van der Waals surface area contributed by atoms with Gasteiger partial charge in [0.2, 0.25) is 0 Å². The van der Waals surface area contributed by atoms with Crippen molar-refractivity contribution in [2.24, 2.45) is 5.73 Å². The molecular formula is C6H3F3N2O2S. The molecule has 4 nitrogen and oxygen atoms in total. The van der Waals surface area contributed by atoms with Gasteiger partial charge in [0.15, 0.2) is 5.01 Å². The Hall–Kier alpha value is -1.44. The average molecular weight is 224 g/mol. The van der Waals surface area contributed by atoms with Crippen LogP contribution in [0.25, 0.3) is 0 Å². The van der Waals surface area contributed by atoms with E-state index >= 15 is 0 Å². The van der Waals surface area contributed by atoms with Gasteiger partial charge in [-0.15, -0.1) is 11.3 Å². The first-order valence-corrected chi connectivity index (χ1v) is 4.07. The van der Waals surface area contributed by atoms with Crippen molar-refractivity contribution < 1.29 is 22.8 Å². The molecule has 1 heterocycles. The van der Waals surface area contributed by atoms with E-state index in [0.29, 0.717) is 11.3 Å². The summed E-state index contributed by atoms with van der Waals surface area (Å²) in [6.45, 7) is 0. The summed E-state index contributed by atoms with van der Waals surface area (Å²) in [4.78, 5) is 24.2. The van der Waals surface area contributed by atoms with Gasteiger partial charge in [-0.05, 0) is 0 Å². The van der Waals surface area contributed by atoms with Crippen LogP contribution in [0.2, 0.25) is 0 Å². The highest BCUT2D eigenvalue weighted by molar-refractivity contribution is 7.11. The first kappa shape index (κ1) is 10.6. The maximum absolute atomic E-state index is 11.8. The quantitative estimate of drug-likeness (QED) is 0.761. The molecule has 1 aromatic heterocycles. The molecule has 1 amide bonds. The Bertz CT molecular complexity index is 385. The molecule has 2 N–H and O–H groups in total. The molecule has 0 radical (unpaired) electrons. The molecule has 0 saturated carbocycles. The third-order valence-corrected chi connectivity index (χ3v) is 2.06. The highest BCUT2D eigenvalue weighted by Crippen LogP contribution is 2.22. The van der Waals surface area contributed by atoms with E-state index in [4.69, 9.17) is 5.73 Å². The number of nitrogens with zero attached hydrogens (tertiary/aromatic N) is 1. The lowest BCUT2D eigenvalue weighted by molar-refractivity contribution is -0.0887. The van der Waals surface area contributed by atoms with E-state index in [9.17, 15) is 22.8 Å². The van der Waals surface area contributed by atoms with E-state index in [-0.39, 0.29) is 5.01 Å². The smallest absolute Gasteiger partial charge is 0.364 e. The molecule has 0 atom stereocenters. The molecule has 0 aliphatic heterocycles. The van der Waals surface area contributed by atoms with Crippen molar-refractivity contribution in [3.05, 3.63) is 16.1 Å². The number of rotatable bonds is 2. The molecule has 14 heavy (non-hydrogen) atoms. The minimum Gasteiger partial charge on any atom is -0.364 e. The van der Waals surface area contributed by atoms with Crippen LogP contribution in [-0.4, -0.2) is 22.9 Å². The molecule has 0 spiro atoms. The van der Waals surface area contributed by atoms with Gasteiger partial charge < -0.3 is 5.73 Å². The summed E-state index contributed by atoms with van der Waals surface area (Å²) in [6, 6.07) is 0. The molecule has 0 unspecified atom stereocenters. The van der Waals surface area contributed by atoms with E-state index in [1.54, 1.807) is 0 Å². The number of primary amides is 1. The van der Waals surface area contributed by atoms with E-state index < -0.39 is 23.6 Å². The fourth-order valence-electron chi connectivity index (χ4n) is 0.636. The van der Waals surface area contributed by atoms with Gasteiger partial charge in [-0.3, -0.25) is 9.59 Å². The Morgan fingerprint density at radius 1 is 1.43 bits per heavy atom. The summed E-state index contributed by atoms with van der Waals surface area (Å²) in [6.07, 6.45) is -4.98. The zero-order chi connectivity index (χ0) is 10.9. The van der Waals surface area contributed by atoms with Crippen molar-refractivity contribution in [2.75, 3.05) is 0 Å². The molecule has 0 aromatic carbocycles. The van der Waals surface area contributed by atoms with Crippen LogP contribution < -0.4 is 5.73 Å². The van der Waals surface area contributed by atoms with Gasteiger partial charge in [0.1, 0.15) is 5.69 Å². The van der Waals surface area contributed by atoms with E-state index in [1.165, 1.54) is 0 Å². The number of nitrogens with two attached hydrogens (primary N) is 1. The molecule has 0 fully saturated rings. The summed E-state index contributed by atoms with van der Waals surface area (Å²) in [7, 11) is 0. The van der Waals surface area contributed by atoms with Gasteiger partial charge in [-0.25, -0.2) is 4.98 Å². The number of ketones is 1. The van der Waals surface area contributed by atoms with Crippen LogP contribution in [0.4, 0.5) is 13.2 Å². The zero-order valence-corrected chi connectivity index (χ0v) is 7.28. The van der Waals surface area contributed by atoms with Gasteiger partial charge in [0.05, 0.1) is 0 Å². The number of Topliss-reactive ketones (excluding diaryl/α,β-unsaturated/α-hetero) is 1. The summed E-state index contributed by atoms with van der Waals surface area (Å²) >= 11 is 0.596. The predicted octanol–water partition coefficient (Wildman–Crippen LogP) is 0.987. The lowest BCUT2D eigenvalue weighted by Crippen LogP contribution is -2.23. The highest BCUT2D eigenvalue weighted by atomic mass is 32.1. The Kier molecular flexibility index (Phi) is 2.56. The third-order valence-electron chi connectivity index (χ3n) is 1.21. The Morgan fingerprint density at radius 3 is 2.36 bits per heavy atom. The van der Waals surface area contributed by atoms with Crippen LogP contribution in [0.15, 0.2) is 5.38 Å². The predicted molar refractivity (Wildman–Crippen MR) is 41.0 cm³/mol. The molecule has 0 aliphatic rings. The van der Waals surface area contributed by atoms with Crippen LogP contribution in [0.1, 0.15) is 20.3 Å². The highest BCUT2D eigenvalue weighted by Gasteiger charge is 2.40. The van der Waals surface area contributed by atoms with Crippen molar-refractivity contribution >= 4 is 23.0 Å². The maximum atomic E-state index is 11.8. The summed E-state index contributed by atoms with van der Waals surface area (Å²) in [5, 5.41) is 0.522. The number of halogens is 3. The Labute approximate surface area is 79.5 Å². The topological polar surface area (TPSA) is 73.1 Å². The van der Waals surface area contributed by atoms with Crippen LogP contribution in [0.3, 0.4) is 0 Å². The summed E-state index contributed by atoms with van der Waals surface area (Å²) in [5.41, 5.74) is 3.94. The van der Waals surface area contributed by atoms with Gasteiger partial charge in [-0.1, -0.05) is 0 Å². The Balaban J connectivity index is 2.99. The number of thiazole rings is 1. The molecule has 1 aromatic rings. The summed E-state index contributed by atoms with van der Waals surface area (Å²) < 4.78 is 35.5. The van der Waals surface area contributed by atoms with Crippen LogP contribution >= 0.6 is 11.3 Å². The fourth-order valence-corrected chi connectivity index (χ4v) is 1.29. The van der Waals surface area contributed by atoms with Gasteiger partial charge >= 0.3 is 6.18 Å². The minimum atomic E-state index is -4.98.